The molecule has 2 N–H and O–H groups in total. The number of rotatable bonds is 2. The Balaban J connectivity index is 3.39. The molecule has 0 aliphatic rings. The zero-order valence-electron chi connectivity index (χ0n) is 8.42. The molecule has 4 heteroatoms. The van der Waals surface area contributed by atoms with Crippen LogP contribution in [0, 0.1) is 6.92 Å². The van der Waals surface area contributed by atoms with Crippen LogP contribution in [0.15, 0.2) is 10.9 Å². The van der Waals surface area contributed by atoms with Gasteiger partial charge in [0.1, 0.15) is 5.56 Å². The lowest BCUT2D eigenvalue weighted by atomic mass is 10.0. The fourth-order valence-electron chi connectivity index (χ4n) is 1.41. The van der Waals surface area contributed by atoms with E-state index in [1.54, 1.807) is 6.92 Å². The maximum atomic E-state index is 11.3. The van der Waals surface area contributed by atoms with Crippen LogP contribution in [0.2, 0.25) is 0 Å². The van der Waals surface area contributed by atoms with Gasteiger partial charge < -0.3 is 10.1 Å². The number of pyridine rings is 1. The van der Waals surface area contributed by atoms with Crippen LogP contribution >= 0.6 is 0 Å². The molecule has 0 aliphatic carbocycles. The van der Waals surface area contributed by atoms with Gasteiger partial charge in [-0.2, -0.15) is 0 Å². The number of aromatic nitrogens is 1. The van der Waals surface area contributed by atoms with Crippen molar-refractivity contribution in [1.82, 2.24) is 4.98 Å². The molecule has 1 aromatic heterocycles. The SMILES string of the molecule is Cc1cc(C(=O)O)c(=O)[nH]c1C(C)C. The molecule has 0 spiro atoms. The molecule has 0 bridgehead atoms. The standard InChI is InChI=1S/C10H13NO3/c1-5(2)8-6(3)4-7(10(13)14)9(12)11-8/h4-5H,1-3H3,(H,11,12)(H,13,14). The van der Waals surface area contributed by atoms with Crippen LogP contribution < -0.4 is 5.56 Å². The third-order valence-electron chi connectivity index (χ3n) is 2.09. The number of hydrogen-bond donors (Lipinski definition) is 2. The van der Waals surface area contributed by atoms with Gasteiger partial charge in [-0.25, -0.2) is 4.79 Å². The Morgan fingerprint density at radius 1 is 1.50 bits per heavy atom. The molecule has 0 radical (unpaired) electrons. The number of hydrogen-bond acceptors (Lipinski definition) is 2. The van der Waals surface area contributed by atoms with Crippen LogP contribution in [-0.2, 0) is 0 Å². The van der Waals surface area contributed by atoms with Crippen molar-refractivity contribution >= 4 is 5.97 Å². The van der Waals surface area contributed by atoms with E-state index in [0.717, 1.165) is 11.3 Å². The Bertz CT molecular complexity index is 418. The van der Waals surface area contributed by atoms with E-state index in [1.807, 2.05) is 13.8 Å². The summed E-state index contributed by atoms with van der Waals surface area (Å²) in [5, 5.41) is 8.70. The zero-order chi connectivity index (χ0) is 10.9. The number of carboxylic acid groups (broad SMARTS) is 1. The smallest absolute Gasteiger partial charge is 0.341 e. The van der Waals surface area contributed by atoms with Gasteiger partial charge in [0.05, 0.1) is 0 Å². The second-order valence-corrected chi connectivity index (χ2v) is 3.57. The predicted octanol–water partition coefficient (Wildman–Crippen LogP) is 1.50. The minimum atomic E-state index is -1.19. The number of carboxylic acids is 1. The van der Waals surface area contributed by atoms with E-state index in [9.17, 15) is 9.59 Å². The predicted molar refractivity (Wildman–Crippen MR) is 52.8 cm³/mol. The van der Waals surface area contributed by atoms with Crippen molar-refractivity contribution < 1.29 is 9.90 Å². The van der Waals surface area contributed by atoms with Gasteiger partial charge in [-0.05, 0) is 24.5 Å². The molecule has 0 saturated heterocycles. The number of H-pyrrole nitrogens is 1. The fraction of sp³-hybridized carbons (Fsp3) is 0.400. The highest BCUT2D eigenvalue weighted by Gasteiger charge is 2.12. The number of carbonyl (C=O) groups is 1. The van der Waals surface area contributed by atoms with Crippen molar-refractivity contribution in [2.45, 2.75) is 26.7 Å². The lowest BCUT2D eigenvalue weighted by Gasteiger charge is -2.09. The molecule has 0 atom stereocenters. The monoisotopic (exact) mass is 195 g/mol. The first-order valence-corrected chi connectivity index (χ1v) is 4.40. The van der Waals surface area contributed by atoms with E-state index in [2.05, 4.69) is 4.98 Å². The normalized spacial score (nSPS) is 10.6. The summed E-state index contributed by atoms with van der Waals surface area (Å²) in [5.74, 6) is -1.00. The Morgan fingerprint density at radius 3 is 2.50 bits per heavy atom. The Morgan fingerprint density at radius 2 is 2.07 bits per heavy atom. The van der Waals surface area contributed by atoms with Crippen molar-refractivity contribution in [1.29, 1.82) is 0 Å². The van der Waals surface area contributed by atoms with Gasteiger partial charge in [-0.3, -0.25) is 4.79 Å². The maximum absolute atomic E-state index is 11.3. The summed E-state index contributed by atoms with van der Waals surface area (Å²) in [5.41, 5.74) is 0.857. The lowest BCUT2D eigenvalue weighted by Crippen LogP contribution is -2.20. The second-order valence-electron chi connectivity index (χ2n) is 3.57. The highest BCUT2D eigenvalue weighted by Crippen LogP contribution is 2.14. The zero-order valence-corrected chi connectivity index (χ0v) is 8.42. The fourth-order valence-corrected chi connectivity index (χ4v) is 1.41. The van der Waals surface area contributed by atoms with E-state index in [4.69, 9.17) is 5.11 Å². The molecule has 1 rings (SSSR count). The Hall–Kier alpha value is -1.58. The van der Waals surface area contributed by atoms with Crippen molar-refractivity contribution in [3.63, 3.8) is 0 Å². The Labute approximate surface area is 81.6 Å². The minimum absolute atomic E-state index is 0.186. The van der Waals surface area contributed by atoms with Gasteiger partial charge in [-0.1, -0.05) is 13.8 Å². The molecule has 4 nitrogen and oxygen atoms in total. The summed E-state index contributed by atoms with van der Waals surface area (Å²) < 4.78 is 0. The van der Waals surface area contributed by atoms with E-state index >= 15 is 0 Å². The van der Waals surface area contributed by atoms with Gasteiger partial charge in [0.15, 0.2) is 0 Å². The van der Waals surface area contributed by atoms with Crippen molar-refractivity contribution in [3.05, 3.63) is 33.2 Å². The molecular weight excluding hydrogens is 182 g/mol. The molecule has 76 valence electrons. The summed E-state index contributed by atoms with van der Waals surface area (Å²) in [6.45, 7) is 5.68. The van der Waals surface area contributed by atoms with E-state index in [0.29, 0.717) is 0 Å². The third-order valence-corrected chi connectivity index (χ3v) is 2.09. The van der Waals surface area contributed by atoms with Gasteiger partial charge in [-0.15, -0.1) is 0 Å². The van der Waals surface area contributed by atoms with Gasteiger partial charge in [0, 0.05) is 5.69 Å². The van der Waals surface area contributed by atoms with E-state index in [-0.39, 0.29) is 11.5 Å². The lowest BCUT2D eigenvalue weighted by molar-refractivity contribution is 0.0694. The molecule has 0 saturated carbocycles. The molecule has 0 aliphatic heterocycles. The number of aryl methyl sites for hydroxylation is 1. The number of aromatic carboxylic acids is 1. The molecule has 0 unspecified atom stereocenters. The van der Waals surface area contributed by atoms with E-state index < -0.39 is 11.5 Å². The summed E-state index contributed by atoms with van der Waals surface area (Å²) in [6.07, 6.45) is 0. The second kappa shape index (κ2) is 3.65. The molecule has 1 aromatic rings. The molecule has 14 heavy (non-hydrogen) atoms. The van der Waals surface area contributed by atoms with Crippen LogP contribution in [0.5, 0.6) is 0 Å². The molecule has 0 aromatic carbocycles. The third kappa shape index (κ3) is 1.84. The molecule has 0 fully saturated rings. The van der Waals surface area contributed by atoms with Gasteiger partial charge in [0.25, 0.3) is 5.56 Å². The first-order chi connectivity index (χ1) is 6.43. The topological polar surface area (TPSA) is 70.2 Å². The molecular formula is C10H13NO3. The van der Waals surface area contributed by atoms with Crippen LogP contribution in [0.3, 0.4) is 0 Å². The van der Waals surface area contributed by atoms with Gasteiger partial charge in [0.2, 0.25) is 0 Å². The number of nitrogens with one attached hydrogen (secondary N) is 1. The average molecular weight is 195 g/mol. The van der Waals surface area contributed by atoms with Crippen LogP contribution in [0.4, 0.5) is 0 Å². The number of aromatic amines is 1. The molecule has 1 heterocycles. The Kier molecular flexibility index (Phi) is 2.74. The minimum Gasteiger partial charge on any atom is -0.477 e. The van der Waals surface area contributed by atoms with Crippen molar-refractivity contribution in [2.75, 3.05) is 0 Å². The summed E-state index contributed by atoms with van der Waals surface area (Å²) in [7, 11) is 0. The summed E-state index contributed by atoms with van der Waals surface area (Å²) in [6, 6.07) is 1.41. The quantitative estimate of drug-likeness (QED) is 0.751. The summed E-state index contributed by atoms with van der Waals surface area (Å²) in [4.78, 5) is 24.5. The van der Waals surface area contributed by atoms with Crippen molar-refractivity contribution in [3.8, 4) is 0 Å². The average Bonchev–Trinajstić information content (AvgIpc) is 2.07. The van der Waals surface area contributed by atoms with Crippen molar-refractivity contribution in [2.24, 2.45) is 0 Å². The largest absolute Gasteiger partial charge is 0.477 e. The van der Waals surface area contributed by atoms with Crippen LogP contribution in [0.25, 0.3) is 0 Å². The highest BCUT2D eigenvalue weighted by atomic mass is 16.4. The molecule has 0 amide bonds. The van der Waals surface area contributed by atoms with Crippen LogP contribution in [0.1, 0.15) is 41.4 Å². The van der Waals surface area contributed by atoms with E-state index in [1.165, 1.54) is 6.07 Å². The van der Waals surface area contributed by atoms with Gasteiger partial charge >= 0.3 is 5.97 Å². The first-order valence-electron chi connectivity index (χ1n) is 4.40. The first kappa shape index (κ1) is 10.5. The maximum Gasteiger partial charge on any atom is 0.341 e. The summed E-state index contributed by atoms with van der Waals surface area (Å²) >= 11 is 0. The highest BCUT2D eigenvalue weighted by molar-refractivity contribution is 5.87. The van der Waals surface area contributed by atoms with Crippen LogP contribution in [-0.4, -0.2) is 16.1 Å².